The Morgan fingerprint density at radius 2 is 2.07 bits per heavy atom. The molecule has 0 radical (unpaired) electrons. The van der Waals surface area contributed by atoms with Gasteiger partial charge < -0.3 is 19.7 Å². The molecule has 0 bridgehead atoms. The molecule has 2 N–H and O–H groups in total. The molecule has 1 aliphatic rings. The fourth-order valence-electron chi connectivity index (χ4n) is 3.55. The van der Waals surface area contributed by atoms with Gasteiger partial charge in [0, 0.05) is 38.5 Å². The second-order valence-electron chi connectivity index (χ2n) is 8.70. The number of nitrogens with zero attached hydrogens (tertiary/aromatic N) is 2. The van der Waals surface area contributed by atoms with Crippen LogP contribution in [0.25, 0.3) is 11.0 Å². The van der Waals surface area contributed by atoms with Gasteiger partial charge in [0.1, 0.15) is 17.9 Å². The standard InChI is InChI=1S/C20H31N3O3Si/c1-27(2,3)12-11-26-14-23-10-9-16-18(22-15-7-5-4-6-8-15)17(20(24)25)13-21-19(16)23/h9-10,13,15H,4-8,11-12,14H2,1-3H3,(H,21,22)(H,24,25). The molecule has 0 spiro atoms. The van der Waals surface area contributed by atoms with Crippen LogP contribution in [-0.4, -0.2) is 41.3 Å². The number of hydrogen-bond donors (Lipinski definition) is 2. The Morgan fingerprint density at radius 1 is 1.33 bits per heavy atom. The van der Waals surface area contributed by atoms with E-state index in [-0.39, 0.29) is 5.56 Å². The van der Waals surface area contributed by atoms with E-state index in [0.29, 0.717) is 18.5 Å². The van der Waals surface area contributed by atoms with Crippen molar-refractivity contribution < 1.29 is 14.6 Å². The summed E-state index contributed by atoms with van der Waals surface area (Å²) in [5.41, 5.74) is 1.71. The van der Waals surface area contributed by atoms with E-state index in [0.717, 1.165) is 36.5 Å². The first-order valence-electron chi connectivity index (χ1n) is 9.90. The minimum absolute atomic E-state index is 0.241. The van der Waals surface area contributed by atoms with Crippen LogP contribution in [0.3, 0.4) is 0 Å². The average Bonchev–Trinajstić information content (AvgIpc) is 3.02. The largest absolute Gasteiger partial charge is 0.478 e. The third-order valence-corrected chi connectivity index (χ3v) is 6.90. The van der Waals surface area contributed by atoms with Crippen molar-refractivity contribution >= 4 is 30.8 Å². The molecule has 148 valence electrons. The molecule has 0 unspecified atom stereocenters. The number of aromatic carboxylic acids is 1. The topological polar surface area (TPSA) is 76.4 Å². The molecular weight excluding hydrogens is 358 g/mol. The lowest BCUT2D eigenvalue weighted by Crippen LogP contribution is -2.24. The zero-order valence-electron chi connectivity index (χ0n) is 16.6. The Balaban J connectivity index is 1.80. The van der Waals surface area contributed by atoms with Crippen molar-refractivity contribution in [2.45, 2.75) is 70.6 Å². The highest BCUT2D eigenvalue weighted by Crippen LogP contribution is 2.30. The monoisotopic (exact) mass is 389 g/mol. The number of ether oxygens (including phenoxy) is 1. The lowest BCUT2D eigenvalue weighted by molar-refractivity contribution is 0.0697. The Bertz CT molecular complexity index is 792. The van der Waals surface area contributed by atoms with Crippen LogP contribution in [0, 0.1) is 0 Å². The van der Waals surface area contributed by atoms with E-state index in [4.69, 9.17) is 4.74 Å². The minimum atomic E-state index is -1.11. The fraction of sp³-hybridized carbons (Fsp3) is 0.600. The highest BCUT2D eigenvalue weighted by atomic mass is 28.3. The van der Waals surface area contributed by atoms with Gasteiger partial charge in [-0.05, 0) is 25.0 Å². The Morgan fingerprint density at radius 3 is 2.74 bits per heavy atom. The van der Waals surface area contributed by atoms with E-state index in [2.05, 4.69) is 29.9 Å². The van der Waals surface area contributed by atoms with E-state index in [1.165, 1.54) is 25.5 Å². The number of nitrogens with one attached hydrogen (secondary N) is 1. The maximum absolute atomic E-state index is 11.7. The Labute approximate surface area is 161 Å². The summed E-state index contributed by atoms with van der Waals surface area (Å²) in [7, 11) is -1.11. The van der Waals surface area contributed by atoms with E-state index in [1.807, 2.05) is 16.8 Å². The molecule has 0 aliphatic heterocycles. The van der Waals surface area contributed by atoms with Crippen molar-refractivity contribution in [1.29, 1.82) is 0 Å². The Kier molecular flexibility index (Phi) is 6.21. The highest BCUT2D eigenvalue weighted by Gasteiger charge is 2.21. The zero-order valence-corrected chi connectivity index (χ0v) is 17.6. The van der Waals surface area contributed by atoms with Crippen LogP contribution >= 0.6 is 0 Å². The summed E-state index contributed by atoms with van der Waals surface area (Å²) in [6.07, 6.45) is 9.23. The van der Waals surface area contributed by atoms with Gasteiger partial charge in [-0.2, -0.15) is 0 Å². The van der Waals surface area contributed by atoms with Crippen LogP contribution < -0.4 is 5.32 Å². The number of carboxylic acid groups (broad SMARTS) is 1. The fourth-order valence-corrected chi connectivity index (χ4v) is 4.31. The van der Waals surface area contributed by atoms with Crippen molar-refractivity contribution in [3.63, 3.8) is 0 Å². The lowest BCUT2D eigenvalue weighted by atomic mass is 9.95. The number of pyridine rings is 1. The van der Waals surface area contributed by atoms with Crippen LogP contribution in [0.2, 0.25) is 25.7 Å². The van der Waals surface area contributed by atoms with E-state index in [1.54, 1.807) is 0 Å². The highest BCUT2D eigenvalue weighted by molar-refractivity contribution is 6.76. The molecule has 0 amide bonds. The molecule has 1 fully saturated rings. The number of anilines is 1. The Hall–Kier alpha value is -1.86. The van der Waals surface area contributed by atoms with Crippen LogP contribution in [-0.2, 0) is 11.5 Å². The van der Waals surface area contributed by atoms with Crippen molar-refractivity contribution in [3.05, 3.63) is 24.0 Å². The summed E-state index contributed by atoms with van der Waals surface area (Å²) < 4.78 is 7.81. The van der Waals surface area contributed by atoms with Gasteiger partial charge in [-0.25, -0.2) is 9.78 Å². The molecule has 0 saturated heterocycles. The van der Waals surface area contributed by atoms with Gasteiger partial charge in [-0.1, -0.05) is 38.9 Å². The zero-order chi connectivity index (χ0) is 19.4. The predicted molar refractivity (Wildman–Crippen MR) is 111 cm³/mol. The van der Waals surface area contributed by atoms with Crippen LogP contribution in [0.5, 0.6) is 0 Å². The predicted octanol–water partition coefficient (Wildman–Crippen LogP) is 4.79. The summed E-state index contributed by atoms with van der Waals surface area (Å²) in [6, 6.07) is 3.40. The smallest absolute Gasteiger partial charge is 0.339 e. The number of rotatable bonds is 8. The molecule has 3 rings (SSSR count). The number of hydrogen-bond acceptors (Lipinski definition) is 4. The quantitative estimate of drug-likeness (QED) is 0.501. The first-order valence-corrected chi connectivity index (χ1v) is 13.6. The summed E-state index contributed by atoms with van der Waals surface area (Å²) in [4.78, 5) is 16.1. The van der Waals surface area contributed by atoms with Gasteiger partial charge in [-0.15, -0.1) is 0 Å². The van der Waals surface area contributed by atoms with Gasteiger partial charge in [0.25, 0.3) is 0 Å². The van der Waals surface area contributed by atoms with Gasteiger partial charge in [0.15, 0.2) is 0 Å². The van der Waals surface area contributed by atoms with E-state index in [9.17, 15) is 9.90 Å². The maximum atomic E-state index is 11.7. The van der Waals surface area contributed by atoms with Crippen LogP contribution in [0.15, 0.2) is 18.5 Å². The molecule has 0 atom stereocenters. The molecule has 6 nitrogen and oxygen atoms in total. The molecule has 2 heterocycles. The second-order valence-corrected chi connectivity index (χ2v) is 14.3. The molecule has 2 aromatic rings. The average molecular weight is 390 g/mol. The summed E-state index contributed by atoms with van der Waals surface area (Å²) in [6.45, 7) is 8.19. The summed E-state index contributed by atoms with van der Waals surface area (Å²) in [5.74, 6) is -0.943. The number of aromatic nitrogens is 2. The number of carboxylic acids is 1. The molecular formula is C20H31N3O3Si. The molecule has 1 aliphatic carbocycles. The first-order chi connectivity index (χ1) is 12.8. The molecule has 7 heteroatoms. The van der Waals surface area contributed by atoms with E-state index >= 15 is 0 Å². The third-order valence-electron chi connectivity index (χ3n) is 5.20. The van der Waals surface area contributed by atoms with Crippen LogP contribution in [0.1, 0.15) is 42.5 Å². The van der Waals surface area contributed by atoms with Gasteiger partial charge in [-0.3, -0.25) is 0 Å². The molecule has 1 saturated carbocycles. The minimum Gasteiger partial charge on any atom is -0.478 e. The summed E-state index contributed by atoms with van der Waals surface area (Å²) >= 11 is 0. The normalized spacial score (nSPS) is 16.0. The van der Waals surface area contributed by atoms with Gasteiger partial charge in [0.05, 0.1) is 5.69 Å². The second kappa shape index (κ2) is 8.44. The first kappa shape index (κ1) is 19.9. The lowest BCUT2D eigenvalue weighted by Gasteiger charge is -2.25. The number of carbonyl (C=O) groups is 1. The van der Waals surface area contributed by atoms with Crippen molar-refractivity contribution in [1.82, 2.24) is 9.55 Å². The van der Waals surface area contributed by atoms with Gasteiger partial charge >= 0.3 is 5.97 Å². The molecule has 27 heavy (non-hydrogen) atoms. The van der Waals surface area contributed by atoms with Gasteiger partial charge in [0.2, 0.25) is 0 Å². The van der Waals surface area contributed by atoms with Crippen LogP contribution in [0.4, 0.5) is 5.69 Å². The van der Waals surface area contributed by atoms with Crippen molar-refractivity contribution in [2.75, 3.05) is 11.9 Å². The molecule has 0 aromatic carbocycles. The third kappa shape index (κ3) is 5.10. The summed E-state index contributed by atoms with van der Waals surface area (Å²) in [5, 5.41) is 14.0. The molecule has 2 aromatic heterocycles. The van der Waals surface area contributed by atoms with Crippen molar-refractivity contribution in [2.24, 2.45) is 0 Å². The van der Waals surface area contributed by atoms with E-state index < -0.39 is 14.0 Å². The van der Waals surface area contributed by atoms with Crippen molar-refractivity contribution in [3.8, 4) is 0 Å². The SMILES string of the molecule is C[Si](C)(C)CCOCn1ccc2c(NC3CCCCC3)c(C(=O)O)cnc21. The maximum Gasteiger partial charge on any atom is 0.339 e. The number of fused-ring (bicyclic) bond motifs is 1.